The molecule has 0 N–H and O–H groups in total. The first-order valence-corrected chi connectivity index (χ1v) is 7.38. The fraction of sp³-hybridized carbons (Fsp3) is 0.200. The number of thiophene rings is 1. The Bertz CT molecular complexity index is 530. The van der Waals surface area contributed by atoms with Crippen molar-refractivity contribution >= 4 is 34.7 Å². The molecule has 4 heteroatoms. The normalized spacial score (nSPS) is 10.1. The van der Waals surface area contributed by atoms with Crippen LogP contribution in [0.1, 0.15) is 28.8 Å². The number of carbonyl (C=O) groups is 1. The number of carbonyl (C=O) groups excluding carboxylic acids is 1. The second-order valence-corrected chi connectivity index (χ2v) is 5.35. The van der Waals surface area contributed by atoms with Crippen LogP contribution in [-0.2, 0) is 0 Å². The van der Waals surface area contributed by atoms with Gasteiger partial charge in [0, 0.05) is 10.4 Å². The molecule has 0 aliphatic rings. The fourth-order valence-electron chi connectivity index (χ4n) is 1.63. The van der Waals surface area contributed by atoms with Gasteiger partial charge in [-0.25, -0.2) is 0 Å². The van der Waals surface area contributed by atoms with E-state index >= 15 is 0 Å². The van der Waals surface area contributed by atoms with Gasteiger partial charge < -0.3 is 4.74 Å². The summed E-state index contributed by atoms with van der Waals surface area (Å²) in [6.07, 6.45) is 2.58. The Balaban J connectivity index is 1.71. The van der Waals surface area contributed by atoms with E-state index < -0.39 is 0 Å². The third-order valence-electron chi connectivity index (χ3n) is 2.68. The lowest BCUT2D eigenvalue weighted by atomic mass is 10.1. The molecule has 0 atom stereocenters. The average molecular weight is 290 g/mol. The van der Waals surface area contributed by atoms with Crippen LogP contribution in [0.25, 0.3) is 0 Å². The molecule has 0 fully saturated rings. The Hall–Kier alpha value is -1.52. The average Bonchev–Trinajstić information content (AvgIpc) is 2.98. The first kappa shape index (κ1) is 13.9. The molecule has 2 nitrogen and oxygen atoms in total. The lowest BCUT2D eigenvalue weighted by Gasteiger charge is -2.06. The molecule has 0 spiro atoms. The van der Waals surface area contributed by atoms with Gasteiger partial charge in [-0.05, 0) is 59.5 Å². The van der Waals surface area contributed by atoms with Gasteiger partial charge in [-0.2, -0.15) is 11.3 Å². The highest BCUT2D eigenvalue weighted by Gasteiger charge is 2.02. The van der Waals surface area contributed by atoms with Gasteiger partial charge in [-0.3, -0.25) is 4.79 Å². The number of hydrogen-bond donors (Lipinski definition) is 0. The van der Waals surface area contributed by atoms with Crippen LogP contribution < -0.4 is 4.74 Å². The first-order chi connectivity index (χ1) is 9.29. The zero-order chi connectivity index (χ0) is 13.5. The molecular formula is C15H14O2S2. The van der Waals surface area contributed by atoms with Crippen LogP contribution in [0.2, 0.25) is 0 Å². The minimum Gasteiger partial charge on any atom is -0.494 e. The van der Waals surface area contributed by atoms with E-state index in [0.29, 0.717) is 12.2 Å². The van der Waals surface area contributed by atoms with Crippen molar-refractivity contribution < 1.29 is 9.53 Å². The summed E-state index contributed by atoms with van der Waals surface area (Å²) in [5, 5.41) is 4.11. The Labute approximate surface area is 122 Å². The van der Waals surface area contributed by atoms with E-state index in [2.05, 4.69) is 5.38 Å². The second kappa shape index (κ2) is 7.16. The summed E-state index contributed by atoms with van der Waals surface area (Å²) in [7, 11) is 0. The molecule has 2 aromatic rings. The van der Waals surface area contributed by atoms with E-state index in [1.54, 1.807) is 35.6 Å². The van der Waals surface area contributed by atoms with Crippen LogP contribution in [0.3, 0.4) is 0 Å². The molecule has 0 radical (unpaired) electrons. The highest BCUT2D eigenvalue weighted by molar-refractivity contribution is 7.80. The molecule has 0 bridgehead atoms. The molecular weight excluding hydrogens is 276 g/mol. The molecule has 1 aromatic carbocycles. The Morgan fingerprint density at radius 1 is 1.26 bits per heavy atom. The fourth-order valence-corrected chi connectivity index (χ4v) is 2.65. The molecule has 2 rings (SSSR count). The minimum atomic E-state index is 0.630. The van der Waals surface area contributed by atoms with Crippen LogP contribution in [0.15, 0.2) is 41.1 Å². The number of thiocarbonyl (C=S) groups is 1. The summed E-state index contributed by atoms with van der Waals surface area (Å²) in [5.41, 5.74) is 1.81. The molecule has 0 saturated heterocycles. The topological polar surface area (TPSA) is 26.3 Å². The maximum absolute atomic E-state index is 10.5. The van der Waals surface area contributed by atoms with Crippen LogP contribution in [0.5, 0.6) is 5.75 Å². The number of rotatable bonds is 7. The van der Waals surface area contributed by atoms with Crippen LogP contribution in [0.4, 0.5) is 0 Å². The van der Waals surface area contributed by atoms with Crippen molar-refractivity contribution in [3.05, 3.63) is 52.2 Å². The summed E-state index contributed by atoms with van der Waals surface area (Å²) in [6.45, 7) is 0.630. The zero-order valence-corrected chi connectivity index (χ0v) is 12.0. The van der Waals surface area contributed by atoms with Gasteiger partial charge in [0.15, 0.2) is 0 Å². The van der Waals surface area contributed by atoms with Gasteiger partial charge >= 0.3 is 0 Å². The van der Waals surface area contributed by atoms with Crippen LogP contribution in [0, 0.1) is 0 Å². The van der Waals surface area contributed by atoms with Gasteiger partial charge in [-0.15, -0.1) is 0 Å². The third kappa shape index (κ3) is 4.26. The largest absolute Gasteiger partial charge is 0.494 e. The molecule has 1 heterocycles. The second-order valence-electron chi connectivity index (χ2n) is 4.07. The van der Waals surface area contributed by atoms with Crippen LogP contribution >= 0.6 is 23.6 Å². The number of hydrogen-bond acceptors (Lipinski definition) is 4. The SMILES string of the molecule is O=Cc1ccc(OCCCC(=S)c2ccsc2)cc1. The molecule has 0 aliphatic carbocycles. The van der Waals surface area contributed by atoms with E-state index in [4.69, 9.17) is 17.0 Å². The van der Waals surface area contributed by atoms with Gasteiger partial charge in [0.25, 0.3) is 0 Å². The maximum Gasteiger partial charge on any atom is 0.150 e. The highest BCUT2D eigenvalue weighted by atomic mass is 32.1. The van der Waals surface area contributed by atoms with Crippen LogP contribution in [-0.4, -0.2) is 17.8 Å². The summed E-state index contributed by atoms with van der Waals surface area (Å²) < 4.78 is 5.60. The zero-order valence-electron chi connectivity index (χ0n) is 10.4. The quantitative estimate of drug-likeness (QED) is 0.332. The van der Waals surface area contributed by atoms with E-state index in [0.717, 1.165) is 35.3 Å². The Morgan fingerprint density at radius 2 is 2.05 bits per heavy atom. The molecule has 0 amide bonds. The van der Waals surface area contributed by atoms with Crippen molar-refractivity contribution in [3.8, 4) is 5.75 Å². The monoisotopic (exact) mass is 290 g/mol. The van der Waals surface area contributed by atoms with Crippen molar-refractivity contribution in [2.24, 2.45) is 0 Å². The Morgan fingerprint density at radius 3 is 2.68 bits per heavy atom. The van der Waals surface area contributed by atoms with Gasteiger partial charge in [0.05, 0.1) is 6.61 Å². The lowest BCUT2D eigenvalue weighted by Crippen LogP contribution is -2.02. The standard InChI is InChI=1S/C15H14O2S2/c16-10-12-3-5-14(6-4-12)17-8-1-2-15(18)13-7-9-19-11-13/h3-7,9-11H,1-2,8H2. The summed E-state index contributed by atoms with van der Waals surface area (Å²) in [5.74, 6) is 0.784. The van der Waals surface area contributed by atoms with Crippen molar-refractivity contribution in [2.75, 3.05) is 6.61 Å². The Kier molecular flexibility index (Phi) is 5.24. The predicted octanol–water partition coefficient (Wildman–Crippen LogP) is 4.14. The highest BCUT2D eigenvalue weighted by Crippen LogP contribution is 2.14. The first-order valence-electron chi connectivity index (χ1n) is 6.03. The summed E-state index contributed by atoms with van der Waals surface area (Å²) >= 11 is 7.01. The summed E-state index contributed by atoms with van der Waals surface area (Å²) in [6, 6.07) is 9.16. The van der Waals surface area contributed by atoms with Crippen molar-refractivity contribution in [3.63, 3.8) is 0 Å². The number of ether oxygens (including phenoxy) is 1. The van der Waals surface area contributed by atoms with Crippen molar-refractivity contribution in [1.29, 1.82) is 0 Å². The molecule has 98 valence electrons. The molecule has 0 saturated carbocycles. The maximum atomic E-state index is 10.5. The van der Waals surface area contributed by atoms with Gasteiger partial charge in [0.2, 0.25) is 0 Å². The van der Waals surface area contributed by atoms with Gasteiger partial charge in [0.1, 0.15) is 12.0 Å². The van der Waals surface area contributed by atoms with Crippen molar-refractivity contribution in [1.82, 2.24) is 0 Å². The molecule has 0 aliphatic heterocycles. The minimum absolute atomic E-state index is 0.630. The van der Waals surface area contributed by atoms with E-state index in [-0.39, 0.29) is 0 Å². The smallest absolute Gasteiger partial charge is 0.150 e. The van der Waals surface area contributed by atoms with E-state index in [9.17, 15) is 4.79 Å². The van der Waals surface area contributed by atoms with E-state index in [1.807, 2.05) is 11.4 Å². The third-order valence-corrected chi connectivity index (χ3v) is 3.80. The molecule has 1 aromatic heterocycles. The van der Waals surface area contributed by atoms with E-state index in [1.165, 1.54) is 0 Å². The van der Waals surface area contributed by atoms with Gasteiger partial charge in [-0.1, -0.05) is 12.2 Å². The molecule has 19 heavy (non-hydrogen) atoms. The number of aldehydes is 1. The lowest BCUT2D eigenvalue weighted by molar-refractivity contribution is 0.112. The predicted molar refractivity (Wildman–Crippen MR) is 82.6 cm³/mol. The van der Waals surface area contributed by atoms with Crippen molar-refractivity contribution in [2.45, 2.75) is 12.8 Å². The number of benzene rings is 1. The molecule has 0 unspecified atom stereocenters. The summed E-state index contributed by atoms with van der Waals surface area (Å²) in [4.78, 5) is 11.5.